The van der Waals surface area contributed by atoms with Crippen LogP contribution in [0.4, 0.5) is 0 Å². The van der Waals surface area contributed by atoms with E-state index < -0.39 is 11.9 Å². The molecular weight excluding hydrogens is 380 g/mol. The lowest BCUT2D eigenvalue weighted by molar-refractivity contribution is -0.151. The summed E-state index contributed by atoms with van der Waals surface area (Å²) in [5.41, 5.74) is 3.92. The third-order valence-corrected chi connectivity index (χ3v) is 5.58. The van der Waals surface area contributed by atoms with Crippen molar-refractivity contribution in [1.29, 1.82) is 0 Å². The van der Waals surface area contributed by atoms with Gasteiger partial charge in [-0.05, 0) is 60.2 Å². The Labute approximate surface area is 177 Å². The standard InChI is InChI=1S/C25H28O5/c1-5-16-7-9-17(10-8-16)20-13-19(14-21(26)24(20)25(27)30-6-2)18-11-12-22(28-3)23(15-18)29-4/h7-12,14-15,20,24H,5-6,13H2,1-4H3/t20-,24-/m0/s1. The third-order valence-electron chi connectivity index (χ3n) is 5.58. The number of ketones is 1. The predicted molar refractivity (Wildman–Crippen MR) is 116 cm³/mol. The van der Waals surface area contributed by atoms with Gasteiger partial charge in [0, 0.05) is 5.92 Å². The molecule has 0 fully saturated rings. The molecule has 2 aromatic carbocycles. The van der Waals surface area contributed by atoms with Crippen molar-refractivity contribution in [1.82, 2.24) is 0 Å². The Morgan fingerprint density at radius 2 is 1.70 bits per heavy atom. The van der Waals surface area contributed by atoms with Gasteiger partial charge in [0.25, 0.3) is 0 Å². The average Bonchev–Trinajstić information content (AvgIpc) is 2.78. The number of esters is 1. The molecule has 0 aromatic heterocycles. The van der Waals surface area contributed by atoms with Gasteiger partial charge in [-0.3, -0.25) is 9.59 Å². The van der Waals surface area contributed by atoms with Crippen LogP contribution in [-0.2, 0) is 20.7 Å². The number of hydrogen-bond donors (Lipinski definition) is 0. The second-order valence-corrected chi connectivity index (χ2v) is 7.28. The molecule has 2 aromatic rings. The zero-order chi connectivity index (χ0) is 21.7. The van der Waals surface area contributed by atoms with Gasteiger partial charge in [-0.25, -0.2) is 0 Å². The monoisotopic (exact) mass is 408 g/mol. The van der Waals surface area contributed by atoms with E-state index in [2.05, 4.69) is 19.1 Å². The van der Waals surface area contributed by atoms with Gasteiger partial charge < -0.3 is 14.2 Å². The molecule has 0 heterocycles. The van der Waals surface area contributed by atoms with Crippen LogP contribution in [0, 0.1) is 5.92 Å². The summed E-state index contributed by atoms with van der Waals surface area (Å²) < 4.78 is 16.0. The Bertz CT molecular complexity index is 943. The quantitative estimate of drug-likeness (QED) is 0.495. The van der Waals surface area contributed by atoms with Gasteiger partial charge in [-0.2, -0.15) is 0 Å². The fourth-order valence-corrected chi connectivity index (χ4v) is 3.93. The van der Waals surface area contributed by atoms with Crippen LogP contribution in [0.2, 0.25) is 0 Å². The van der Waals surface area contributed by atoms with Crippen LogP contribution in [-0.4, -0.2) is 32.6 Å². The SMILES string of the molecule is CCOC(=O)[C@@H]1C(=O)C=C(c2ccc(OC)c(OC)c2)C[C@H]1c1ccc(CC)cc1. The number of carbonyl (C=O) groups is 2. The summed E-state index contributed by atoms with van der Waals surface area (Å²) in [7, 11) is 3.16. The van der Waals surface area contributed by atoms with Crippen molar-refractivity contribution in [3.8, 4) is 11.5 Å². The van der Waals surface area contributed by atoms with E-state index in [9.17, 15) is 9.59 Å². The van der Waals surface area contributed by atoms with Crippen molar-refractivity contribution in [2.45, 2.75) is 32.6 Å². The van der Waals surface area contributed by atoms with Crippen molar-refractivity contribution in [2.24, 2.45) is 5.92 Å². The molecule has 0 radical (unpaired) electrons. The largest absolute Gasteiger partial charge is 0.493 e. The Morgan fingerprint density at radius 1 is 1.00 bits per heavy atom. The lowest BCUT2D eigenvalue weighted by atomic mass is 9.73. The van der Waals surface area contributed by atoms with E-state index in [4.69, 9.17) is 14.2 Å². The summed E-state index contributed by atoms with van der Waals surface area (Å²) in [6.45, 7) is 4.09. The maximum Gasteiger partial charge on any atom is 0.317 e. The van der Waals surface area contributed by atoms with Gasteiger partial charge in [-0.15, -0.1) is 0 Å². The zero-order valence-electron chi connectivity index (χ0n) is 17.9. The number of carbonyl (C=O) groups excluding carboxylic acids is 2. The van der Waals surface area contributed by atoms with Crippen LogP contribution in [0.25, 0.3) is 5.57 Å². The number of rotatable bonds is 7. The molecule has 1 aliphatic rings. The van der Waals surface area contributed by atoms with E-state index in [1.807, 2.05) is 30.3 Å². The fourth-order valence-electron chi connectivity index (χ4n) is 3.93. The Hall–Kier alpha value is -3.08. The van der Waals surface area contributed by atoms with Crippen LogP contribution < -0.4 is 9.47 Å². The highest BCUT2D eigenvalue weighted by molar-refractivity contribution is 6.10. The van der Waals surface area contributed by atoms with E-state index in [0.29, 0.717) is 17.9 Å². The molecule has 0 saturated heterocycles. The van der Waals surface area contributed by atoms with Crippen LogP contribution >= 0.6 is 0 Å². The van der Waals surface area contributed by atoms with Gasteiger partial charge in [0.2, 0.25) is 0 Å². The molecule has 0 bridgehead atoms. The summed E-state index contributed by atoms with van der Waals surface area (Å²) in [5.74, 6) is -0.583. The molecule has 5 heteroatoms. The molecule has 30 heavy (non-hydrogen) atoms. The topological polar surface area (TPSA) is 61.8 Å². The zero-order valence-corrected chi connectivity index (χ0v) is 17.9. The molecule has 158 valence electrons. The highest BCUT2D eigenvalue weighted by Crippen LogP contribution is 2.42. The normalized spacial score (nSPS) is 18.5. The first-order valence-electron chi connectivity index (χ1n) is 10.2. The minimum Gasteiger partial charge on any atom is -0.493 e. The summed E-state index contributed by atoms with van der Waals surface area (Å²) in [5, 5.41) is 0. The van der Waals surface area contributed by atoms with Gasteiger partial charge in [0.05, 0.1) is 20.8 Å². The molecule has 0 amide bonds. The molecular formula is C25H28O5. The first-order valence-corrected chi connectivity index (χ1v) is 10.2. The van der Waals surface area contributed by atoms with Gasteiger partial charge in [-0.1, -0.05) is 37.3 Å². The number of ether oxygens (including phenoxy) is 3. The molecule has 0 unspecified atom stereocenters. The smallest absolute Gasteiger partial charge is 0.317 e. The first kappa shape index (κ1) is 21.6. The van der Waals surface area contributed by atoms with E-state index >= 15 is 0 Å². The maximum absolute atomic E-state index is 13.0. The lowest BCUT2D eigenvalue weighted by Crippen LogP contribution is -2.34. The van der Waals surface area contributed by atoms with Gasteiger partial charge in [0.15, 0.2) is 17.3 Å². The number of benzene rings is 2. The molecule has 0 N–H and O–H groups in total. The van der Waals surface area contributed by atoms with Crippen LogP contribution in [0.1, 0.15) is 42.9 Å². The lowest BCUT2D eigenvalue weighted by Gasteiger charge is -2.29. The van der Waals surface area contributed by atoms with Crippen molar-refractivity contribution in [3.63, 3.8) is 0 Å². The number of hydrogen-bond acceptors (Lipinski definition) is 5. The Kier molecular flexibility index (Phi) is 6.93. The molecule has 0 spiro atoms. The minimum atomic E-state index is -0.832. The average molecular weight is 408 g/mol. The third kappa shape index (κ3) is 4.40. The fraction of sp³-hybridized carbons (Fsp3) is 0.360. The summed E-state index contributed by atoms with van der Waals surface area (Å²) in [6.07, 6.45) is 3.05. The number of aryl methyl sites for hydroxylation is 1. The highest BCUT2D eigenvalue weighted by atomic mass is 16.5. The number of methoxy groups -OCH3 is 2. The summed E-state index contributed by atoms with van der Waals surface area (Å²) in [6, 6.07) is 13.7. The molecule has 0 aliphatic heterocycles. The number of allylic oxidation sites excluding steroid dienone is 2. The van der Waals surface area contributed by atoms with E-state index in [0.717, 1.165) is 23.1 Å². The Balaban J connectivity index is 2.02. The van der Waals surface area contributed by atoms with E-state index in [-0.39, 0.29) is 18.3 Å². The van der Waals surface area contributed by atoms with Crippen LogP contribution in [0.15, 0.2) is 48.5 Å². The van der Waals surface area contributed by atoms with Crippen molar-refractivity contribution in [2.75, 3.05) is 20.8 Å². The minimum absolute atomic E-state index is 0.228. The molecule has 3 rings (SSSR count). The highest BCUT2D eigenvalue weighted by Gasteiger charge is 2.39. The Morgan fingerprint density at radius 3 is 2.30 bits per heavy atom. The molecule has 5 nitrogen and oxygen atoms in total. The van der Waals surface area contributed by atoms with Crippen LogP contribution in [0.5, 0.6) is 11.5 Å². The second-order valence-electron chi connectivity index (χ2n) is 7.28. The molecule has 1 aliphatic carbocycles. The van der Waals surface area contributed by atoms with Crippen LogP contribution in [0.3, 0.4) is 0 Å². The van der Waals surface area contributed by atoms with Crippen molar-refractivity contribution in [3.05, 3.63) is 65.2 Å². The molecule has 2 atom stereocenters. The van der Waals surface area contributed by atoms with E-state index in [1.165, 1.54) is 5.56 Å². The van der Waals surface area contributed by atoms with Gasteiger partial charge >= 0.3 is 5.97 Å². The summed E-state index contributed by atoms with van der Waals surface area (Å²) >= 11 is 0. The predicted octanol–water partition coefficient (Wildman–Crippen LogP) is 4.59. The summed E-state index contributed by atoms with van der Waals surface area (Å²) in [4.78, 5) is 25.7. The maximum atomic E-state index is 13.0. The first-order chi connectivity index (χ1) is 14.5. The molecule has 0 saturated carbocycles. The van der Waals surface area contributed by atoms with Gasteiger partial charge in [0.1, 0.15) is 5.92 Å². The van der Waals surface area contributed by atoms with Crippen molar-refractivity contribution >= 4 is 17.3 Å². The van der Waals surface area contributed by atoms with E-state index in [1.54, 1.807) is 27.2 Å². The van der Waals surface area contributed by atoms with Crippen molar-refractivity contribution < 1.29 is 23.8 Å². The second kappa shape index (κ2) is 9.61.